The van der Waals surface area contributed by atoms with Crippen LogP contribution in [0.15, 0.2) is 30.3 Å². The lowest BCUT2D eigenvalue weighted by Gasteiger charge is -2.41. The van der Waals surface area contributed by atoms with Crippen molar-refractivity contribution in [3.05, 3.63) is 35.9 Å². The molecule has 1 heterocycles. The van der Waals surface area contributed by atoms with Gasteiger partial charge >= 0.3 is 0 Å². The Bertz CT molecular complexity index is 462. The summed E-state index contributed by atoms with van der Waals surface area (Å²) in [6.07, 6.45) is 4.96. The Hall–Kier alpha value is -1.35. The standard InChI is InChI=1S/C19H30N2O/c1-16(2)14-18(22)21-12-10-19(15-20,11-13-21)9-8-17-6-4-3-5-7-17/h3-7,16H,8-15,20H2,1-2H3. The largest absolute Gasteiger partial charge is 0.343 e. The van der Waals surface area contributed by atoms with Crippen molar-refractivity contribution in [1.82, 2.24) is 4.90 Å². The number of amides is 1. The number of hydrogen-bond donors (Lipinski definition) is 1. The van der Waals surface area contributed by atoms with E-state index in [9.17, 15) is 4.79 Å². The monoisotopic (exact) mass is 302 g/mol. The highest BCUT2D eigenvalue weighted by atomic mass is 16.2. The Morgan fingerprint density at radius 2 is 1.86 bits per heavy atom. The van der Waals surface area contributed by atoms with Crippen LogP contribution in [0.3, 0.4) is 0 Å². The molecule has 2 rings (SSSR count). The number of benzene rings is 1. The molecule has 0 aliphatic carbocycles. The van der Waals surface area contributed by atoms with Crippen LogP contribution in [0.5, 0.6) is 0 Å². The predicted molar refractivity (Wildman–Crippen MR) is 91.5 cm³/mol. The molecule has 0 radical (unpaired) electrons. The number of carbonyl (C=O) groups excluding carboxylic acids is 1. The van der Waals surface area contributed by atoms with Crippen molar-refractivity contribution in [3.8, 4) is 0 Å². The molecule has 0 saturated carbocycles. The van der Waals surface area contributed by atoms with E-state index in [1.807, 2.05) is 4.90 Å². The van der Waals surface area contributed by atoms with Crippen molar-refractivity contribution < 1.29 is 4.79 Å². The molecule has 1 amide bonds. The molecule has 0 bridgehead atoms. The highest BCUT2D eigenvalue weighted by Gasteiger charge is 2.34. The summed E-state index contributed by atoms with van der Waals surface area (Å²) in [7, 11) is 0. The van der Waals surface area contributed by atoms with Crippen LogP contribution >= 0.6 is 0 Å². The number of aryl methyl sites for hydroxylation is 1. The number of piperidine rings is 1. The van der Waals surface area contributed by atoms with Gasteiger partial charge in [-0.25, -0.2) is 0 Å². The van der Waals surface area contributed by atoms with E-state index in [1.54, 1.807) is 0 Å². The number of likely N-dealkylation sites (tertiary alicyclic amines) is 1. The van der Waals surface area contributed by atoms with E-state index in [-0.39, 0.29) is 5.41 Å². The minimum atomic E-state index is 0.213. The number of rotatable bonds is 6. The van der Waals surface area contributed by atoms with E-state index in [4.69, 9.17) is 5.73 Å². The molecule has 3 heteroatoms. The zero-order chi connectivity index (χ0) is 16.0. The third-order valence-electron chi connectivity index (χ3n) is 4.98. The fraction of sp³-hybridized carbons (Fsp3) is 0.632. The molecule has 1 aliphatic heterocycles. The molecule has 122 valence electrons. The molecule has 1 fully saturated rings. The summed E-state index contributed by atoms with van der Waals surface area (Å²) in [4.78, 5) is 14.2. The van der Waals surface area contributed by atoms with E-state index in [0.717, 1.165) is 45.3 Å². The van der Waals surface area contributed by atoms with Crippen LogP contribution in [0.2, 0.25) is 0 Å². The fourth-order valence-corrected chi connectivity index (χ4v) is 3.32. The van der Waals surface area contributed by atoms with Gasteiger partial charge in [0, 0.05) is 19.5 Å². The van der Waals surface area contributed by atoms with Gasteiger partial charge in [-0.2, -0.15) is 0 Å². The van der Waals surface area contributed by atoms with Crippen molar-refractivity contribution >= 4 is 5.91 Å². The lowest BCUT2D eigenvalue weighted by molar-refractivity contribution is -0.134. The molecule has 22 heavy (non-hydrogen) atoms. The molecule has 0 atom stereocenters. The van der Waals surface area contributed by atoms with Gasteiger partial charge in [0.05, 0.1) is 0 Å². The van der Waals surface area contributed by atoms with Crippen LogP contribution in [-0.2, 0) is 11.2 Å². The summed E-state index contributed by atoms with van der Waals surface area (Å²) in [5.74, 6) is 0.746. The van der Waals surface area contributed by atoms with Crippen LogP contribution in [-0.4, -0.2) is 30.4 Å². The zero-order valence-corrected chi connectivity index (χ0v) is 14.1. The first-order valence-corrected chi connectivity index (χ1v) is 8.56. The molecule has 0 spiro atoms. The third-order valence-corrected chi connectivity index (χ3v) is 4.98. The lowest BCUT2D eigenvalue weighted by atomic mass is 9.74. The summed E-state index contributed by atoms with van der Waals surface area (Å²) >= 11 is 0. The summed E-state index contributed by atoms with van der Waals surface area (Å²) in [5, 5.41) is 0. The highest BCUT2D eigenvalue weighted by molar-refractivity contribution is 5.76. The third kappa shape index (κ3) is 4.57. The van der Waals surface area contributed by atoms with Crippen molar-refractivity contribution in [2.45, 2.75) is 46.0 Å². The van der Waals surface area contributed by atoms with Gasteiger partial charge in [-0.1, -0.05) is 44.2 Å². The van der Waals surface area contributed by atoms with Crippen LogP contribution in [0.1, 0.15) is 45.1 Å². The van der Waals surface area contributed by atoms with Crippen molar-refractivity contribution in [1.29, 1.82) is 0 Å². The first-order chi connectivity index (χ1) is 10.5. The van der Waals surface area contributed by atoms with Crippen LogP contribution in [0.4, 0.5) is 0 Å². The van der Waals surface area contributed by atoms with Gasteiger partial charge in [0.15, 0.2) is 0 Å². The van der Waals surface area contributed by atoms with Gasteiger partial charge in [-0.05, 0) is 49.1 Å². The van der Waals surface area contributed by atoms with Gasteiger partial charge in [0.25, 0.3) is 0 Å². The molecule has 2 N–H and O–H groups in total. The van der Waals surface area contributed by atoms with E-state index >= 15 is 0 Å². The van der Waals surface area contributed by atoms with Crippen LogP contribution < -0.4 is 5.73 Å². The molecule has 1 aromatic carbocycles. The van der Waals surface area contributed by atoms with Crippen molar-refractivity contribution in [2.75, 3.05) is 19.6 Å². The minimum absolute atomic E-state index is 0.213. The number of nitrogens with two attached hydrogens (primary N) is 1. The molecular weight excluding hydrogens is 272 g/mol. The van der Waals surface area contributed by atoms with Gasteiger partial charge < -0.3 is 10.6 Å². The smallest absolute Gasteiger partial charge is 0.222 e. The number of hydrogen-bond acceptors (Lipinski definition) is 2. The maximum atomic E-state index is 12.2. The van der Waals surface area contributed by atoms with Crippen LogP contribution in [0.25, 0.3) is 0 Å². The first kappa shape index (κ1) is 17.0. The van der Waals surface area contributed by atoms with Crippen molar-refractivity contribution in [3.63, 3.8) is 0 Å². The second-order valence-corrected chi connectivity index (χ2v) is 7.17. The second kappa shape index (κ2) is 7.77. The quantitative estimate of drug-likeness (QED) is 0.877. The van der Waals surface area contributed by atoms with Gasteiger partial charge in [0.2, 0.25) is 5.91 Å². The second-order valence-electron chi connectivity index (χ2n) is 7.17. The molecule has 1 aliphatic rings. The SMILES string of the molecule is CC(C)CC(=O)N1CCC(CN)(CCc2ccccc2)CC1. The molecule has 3 nitrogen and oxygen atoms in total. The van der Waals surface area contributed by atoms with E-state index in [0.29, 0.717) is 18.2 Å². The van der Waals surface area contributed by atoms with Gasteiger partial charge in [-0.15, -0.1) is 0 Å². The summed E-state index contributed by atoms with van der Waals surface area (Å²) in [6.45, 7) is 6.68. The molecule has 0 unspecified atom stereocenters. The summed E-state index contributed by atoms with van der Waals surface area (Å²) < 4.78 is 0. The zero-order valence-electron chi connectivity index (χ0n) is 14.1. The lowest BCUT2D eigenvalue weighted by Crippen LogP contribution is -2.46. The van der Waals surface area contributed by atoms with E-state index < -0.39 is 0 Å². The van der Waals surface area contributed by atoms with E-state index in [2.05, 4.69) is 44.2 Å². The minimum Gasteiger partial charge on any atom is -0.343 e. The number of carbonyl (C=O) groups is 1. The Balaban J connectivity index is 1.87. The molecular formula is C19H30N2O. The maximum Gasteiger partial charge on any atom is 0.222 e. The topological polar surface area (TPSA) is 46.3 Å². The first-order valence-electron chi connectivity index (χ1n) is 8.56. The Kier molecular flexibility index (Phi) is 6.01. The van der Waals surface area contributed by atoms with Gasteiger partial charge in [0.1, 0.15) is 0 Å². The molecule has 0 aromatic heterocycles. The summed E-state index contributed by atoms with van der Waals surface area (Å²) in [6, 6.07) is 10.6. The molecule has 1 saturated heterocycles. The maximum absolute atomic E-state index is 12.2. The average Bonchev–Trinajstić information content (AvgIpc) is 2.54. The normalized spacial score (nSPS) is 17.7. The van der Waals surface area contributed by atoms with E-state index in [1.165, 1.54) is 5.56 Å². The fourth-order valence-electron chi connectivity index (χ4n) is 3.32. The Morgan fingerprint density at radius 3 is 2.41 bits per heavy atom. The molecule has 1 aromatic rings. The summed E-state index contributed by atoms with van der Waals surface area (Å²) in [5.41, 5.74) is 7.70. The average molecular weight is 302 g/mol. The Morgan fingerprint density at radius 1 is 1.23 bits per heavy atom. The number of nitrogens with zero attached hydrogens (tertiary/aromatic N) is 1. The highest BCUT2D eigenvalue weighted by Crippen LogP contribution is 2.35. The Labute approximate surface area is 134 Å². The predicted octanol–water partition coefficient (Wildman–Crippen LogP) is 3.23. The van der Waals surface area contributed by atoms with Crippen molar-refractivity contribution in [2.24, 2.45) is 17.1 Å². The van der Waals surface area contributed by atoms with Crippen LogP contribution in [0, 0.1) is 11.3 Å². The van der Waals surface area contributed by atoms with Gasteiger partial charge in [-0.3, -0.25) is 4.79 Å².